The number of amidine groups is 1. The molecule has 0 amide bonds. The number of alkyl halides is 3. The third kappa shape index (κ3) is 9.33. The van der Waals surface area contributed by atoms with Crippen LogP contribution in [0.2, 0.25) is 0 Å². The maximum Gasteiger partial charge on any atom is 0.573 e. The summed E-state index contributed by atoms with van der Waals surface area (Å²) >= 11 is 0. The minimum absolute atomic E-state index is 0.222. The van der Waals surface area contributed by atoms with Gasteiger partial charge in [0.05, 0.1) is 5.69 Å². The Hall–Kier alpha value is -3.36. The van der Waals surface area contributed by atoms with Crippen LogP contribution in [0.3, 0.4) is 0 Å². The number of ether oxygens (including phenoxy) is 2. The quantitative estimate of drug-likeness (QED) is 0.380. The van der Waals surface area contributed by atoms with E-state index in [1.54, 1.807) is 12.1 Å². The summed E-state index contributed by atoms with van der Waals surface area (Å²) in [5.41, 5.74) is 7.44. The summed E-state index contributed by atoms with van der Waals surface area (Å²) < 4.78 is 45.5. The SMILES string of the molecule is CC(C)(C)OC(=O)CCc1ccc(C(N)=NC=Nc2ccc(OC(F)(F)F)cc2)cc1. The number of rotatable bonds is 7. The van der Waals surface area contributed by atoms with Crippen molar-refractivity contribution < 1.29 is 27.4 Å². The molecular weight excluding hydrogens is 411 g/mol. The van der Waals surface area contributed by atoms with Gasteiger partial charge in [0.1, 0.15) is 23.5 Å². The van der Waals surface area contributed by atoms with Gasteiger partial charge in [-0.3, -0.25) is 4.79 Å². The largest absolute Gasteiger partial charge is 0.573 e. The Morgan fingerprint density at radius 2 is 1.65 bits per heavy atom. The molecule has 0 saturated carbocycles. The van der Waals surface area contributed by atoms with Crippen molar-refractivity contribution in [1.29, 1.82) is 0 Å². The van der Waals surface area contributed by atoms with Crippen LogP contribution < -0.4 is 10.5 Å². The molecule has 0 atom stereocenters. The van der Waals surface area contributed by atoms with Crippen molar-refractivity contribution in [2.24, 2.45) is 15.7 Å². The van der Waals surface area contributed by atoms with Crippen molar-refractivity contribution in [3.05, 3.63) is 59.7 Å². The topological polar surface area (TPSA) is 86.3 Å². The molecule has 166 valence electrons. The number of benzene rings is 2. The number of halogens is 3. The Balaban J connectivity index is 1.91. The average Bonchev–Trinajstić information content (AvgIpc) is 2.65. The summed E-state index contributed by atoms with van der Waals surface area (Å²) in [6.07, 6.45) is -2.71. The molecule has 0 bridgehead atoms. The molecule has 31 heavy (non-hydrogen) atoms. The van der Waals surface area contributed by atoms with E-state index in [-0.39, 0.29) is 24.0 Å². The van der Waals surface area contributed by atoms with Crippen molar-refractivity contribution in [3.63, 3.8) is 0 Å². The molecule has 0 aliphatic rings. The highest BCUT2D eigenvalue weighted by Gasteiger charge is 2.30. The molecule has 0 aliphatic carbocycles. The first-order valence-corrected chi connectivity index (χ1v) is 9.44. The zero-order valence-corrected chi connectivity index (χ0v) is 17.4. The van der Waals surface area contributed by atoms with Gasteiger partial charge in [-0.1, -0.05) is 24.3 Å². The second kappa shape index (κ2) is 10.1. The lowest BCUT2D eigenvalue weighted by atomic mass is 10.1. The predicted octanol–water partition coefficient (Wildman–Crippen LogP) is 4.92. The number of nitrogens with zero attached hydrogens (tertiary/aromatic N) is 2. The Kier molecular flexibility index (Phi) is 7.79. The van der Waals surface area contributed by atoms with Crippen LogP contribution in [0.4, 0.5) is 18.9 Å². The summed E-state index contributed by atoms with van der Waals surface area (Å²) in [6, 6.07) is 12.3. The van der Waals surface area contributed by atoms with Gasteiger partial charge in [-0.05, 0) is 57.0 Å². The molecule has 0 radical (unpaired) electrons. The zero-order chi connectivity index (χ0) is 23.1. The Morgan fingerprint density at radius 1 is 1.03 bits per heavy atom. The summed E-state index contributed by atoms with van der Waals surface area (Å²) in [7, 11) is 0. The second-order valence-corrected chi connectivity index (χ2v) is 7.58. The highest BCUT2D eigenvalue weighted by molar-refractivity contribution is 6.01. The number of aryl methyl sites for hydroxylation is 1. The van der Waals surface area contributed by atoms with E-state index >= 15 is 0 Å². The number of aliphatic imine (C=N–C) groups is 2. The first kappa shape index (κ1) is 23.9. The molecule has 0 fully saturated rings. The van der Waals surface area contributed by atoms with E-state index in [4.69, 9.17) is 10.5 Å². The molecule has 2 N–H and O–H groups in total. The first-order valence-electron chi connectivity index (χ1n) is 9.44. The summed E-state index contributed by atoms with van der Waals surface area (Å²) in [6.45, 7) is 5.47. The summed E-state index contributed by atoms with van der Waals surface area (Å²) in [5.74, 6) is -0.368. The number of carbonyl (C=O) groups excluding carboxylic acids is 1. The average molecular weight is 435 g/mol. The maximum atomic E-state index is 12.2. The molecule has 0 heterocycles. The van der Waals surface area contributed by atoms with E-state index in [0.717, 1.165) is 17.7 Å². The van der Waals surface area contributed by atoms with Gasteiger partial charge < -0.3 is 15.2 Å². The molecule has 0 aromatic heterocycles. The fraction of sp³-hybridized carbons (Fsp3) is 0.318. The van der Waals surface area contributed by atoms with Gasteiger partial charge in [-0.15, -0.1) is 13.2 Å². The normalized spacial score (nSPS) is 12.8. The van der Waals surface area contributed by atoms with Crippen LogP contribution in [-0.4, -0.2) is 30.1 Å². The highest BCUT2D eigenvalue weighted by atomic mass is 19.4. The van der Waals surface area contributed by atoms with E-state index in [1.165, 1.54) is 18.5 Å². The molecule has 2 rings (SSSR count). The van der Waals surface area contributed by atoms with Crippen LogP contribution in [0.25, 0.3) is 0 Å². The second-order valence-electron chi connectivity index (χ2n) is 7.58. The molecular formula is C22H24F3N3O3. The van der Waals surface area contributed by atoms with Crippen molar-refractivity contribution in [2.75, 3.05) is 0 Å². The third-order valence-electron chi connectivity index (χ3n) is 3.76. The lowest BCUT2D eigenvalue weighted by Gasteiger charge is -2.19. The number of hydrogen-bond donors (Lipinski definition) is 1. The minimum Gasteiger partial charge on any atom is -0.460 e. The van der Waals surface area contributed by atoms with Gasteiger partial charge in [-0.2, -0.15) is 0 Å². The van der Waals surface area contributed by atoms with Crippen molar-refractivity contribution in [3.8, 4) is 5.75 Å². The minimum atomic E-state index is -4.74. The van der Waals surface area contributed by atoms with Crippen LogP contribution in [0.1, 0.15) is 38.3 Å². The van der Waals surface area contributed by atoms with E-state index in [9.17, 15) is 18.0 Å². The molecule has 2 aromatic rings. The van der Waals surface area contributed by atoms with Gasteiger partial charge in [0.25, 0.3) is 0 Å². The monoisotopic (exact) mass is 435 g/mol. The van der Waals surface area contributed by atoms with Gasteiger partial charge in [-0.25, -0.2) is 9.98 Å². The van der Waals surface area contributed by atoms with Crippen molar-refractivity contribution in [2.45, 2.75) is 45.6 Å². The summed E-state index contributed by atoms with van der Waals surface area (Å²) in [5, 5.41) is 0. The van der Waals surface area contributed by atoms with Crippen molar-refractivity contribution in [1.82, 2.24) is 0 Å². The van der Waals surface area contributed by atoms with Gasteiger partial charge in [0, 0.05) is 12.0 Å². The standard InChI is InChI=1S/C22H24F3N3O3/c1-21(2,3)31-19(29)13-6-15-4-7-16(8-5-15)20(26)28-14-27-17-9-11-18(12-10-17)30-22(23,24)25/h4-5,7-12,14H,6,13H2,1-3H3,(H2,26,27,28). The van der Waals surface area contributed by atoms with Crippen LogP contribution in [-0.2, 0) is 16.0 Å². The van der Waals surface area contributed by atoms with E-state index in [1.807, 2.05) is 32.9 Å². The fourth-order valence-corrected chi connectivity index (χ4v) is 2.45. The molecule has 0 saturated heterocycles. The number of esters is 1. The molecule has 0 aliphatic heterocycles. The lowest BCUT2D eigenvalue weighted by molar-refractivity contribution is -0.274. The van der Waals surface area contributed by atoms with Crippen LogP contribution in [0, 0.1) is 0 Å². The van der Waals surface area contributed by atoms with Gasteiger partial charge >= 0.3 is 12.3 Å². The van der Waals surface area contributed by atoms with E-state index in [2.05, 4.69) is 14.7 Å². The van der Waals surface area contributed by atoms with Crippen LogP contribution in [0.15, 0.2) is 58.5 Å². The van der Waals surface area contributed by atoms with Gasteiger partial charge in [0.15, 0.2) is 0 Å². The van der Waals surface area contributed by atoms with E-state index in [0.29, 0.717) is 17.7 Å². The third-order valence-corrected chi connectivity index (χ3v) is 3.76. The number of hydrogen-bond acceptors (Lipinski definition) is 4. The predicted molar refractivity (Wildman–Crippen MR) is 113 cm³/mol. The molecule has 6 nitrogen and oxygen atoms in total. The summed E-state index contributed by atoms with van der Waals surface area (Å²) in [4.78, 5) is 19.8. The molecule has 0 unspecified atom stereocenters. The van der Waals surface area contributed by atoms with Crippen molar-refractivity contribution >= 4 is 23.8 Å². The molecule has 2 aromatic carbocycles. The molecule has 9 heteroatoms. The Morgan fingerprint density at radius 3 is 2.19 bits per heavy atom. The maximum absolute atomic E-state index is 12.2. The first-order chi connectivity index (χ1) is 14.4. The van der Waals surface area contributed by atoms with Crippen LogP contribution in [0.5, 0.6) is 5.75 Å². The Bertz CT molecular complexity index is 930. The van der Waals surface area contributed by atoms with E-state index < -0.39 is 12.0 Å². The fourth-order valence-electron chi connectivity index (χ4n) is 2.45. The highest BCUT2D eigenvalue weighted by Crippen LogP contribution is 2.24. The number of carbonyl (C=O) groups is 1. The number of nitrogens with two attached hydrogens (primary N) is 1. The van der Waals surface area contributed by atoms with Crippen LogP contribution >= 0.6 is 0 Å². The zero-order valence-electron chi connectivity index (χ0n) is 17.4. The smallest absolute Gasteiger partial charge is 0.460 e. The molecule has 0 spiro atoms. The van der Waals surface area contributed by atoms with Gasteiger partial charge in [0.2, 0.25) is 0 Å². The Labute approximate surface area is 178 Å². The lowest BCUT2D eigenvalue weighted by Crippen LogP contribution is -2.24.